The standard InChI is InChI=1S/C18H23IO5/c1-17(2)23-14-9-13(19)15(20)16(18(14,3)24-17)22-10-11-5-7-12(21-4)8-6-11/h5-9,14-16,20H,10H2,1-4H3/t14-,15-,16-,18-/m1/s1. The number of ether oxygens (including phenoxy) is 4. The molecule has 0 spiro atoms. The number of hydrogen-bond donors (Lipinski definition) is 1. The number of rotatable bonds is 4. The summed E-state index contributed by atoms with van der Waals surface area (Å²) in [6, 6.07) is 7.68. The zero-order valence-electron chi connectivity index (χ0n) is 14.3. The van der Waals surface area contributed by atoms with Crippen molar-refractivity contribution in [3.8, 4) is 5.75 Å². The summed E-state index contributed by atoms with van der Waals surface area (Å²) in [5.41, 5.74) is 0.273. The van der Waals surface area contributed by atoms with E-state index in [-0.39, 0.29) is 6.10 Å². The van der Waals surface area contributed by atoms with Crippen molar-refractivity contribution < 1.29 is 24.1 Å². The molecule has 3 rings (SSSR count). The third kappa shape index (κ3) is 3.35. The van der Waals surface area contributed by atoms with Gasteiger partial charge in [0.05, 0.1) is 13.7 Å². The summed E-state index contributed by atoms with van der Waals surface area (Å²) in [4.78, 5) is 0. The number of methoxy groups -OCH3 is 1. The molecule has 0 bridgehead atoms. The number of aliphatic hydroxyl groups is 1. The molecule has 0 unspecified atom stereocenters. The predicted octanol–water partition coefficient (Wildman–Crippen LogP) is 3.18. The highest BCUT2D eigenvalue weighted by Crippen LogP contribution is 2.46. The largest absolute Gasteiger partial charge is 0.497 e. The van der Waals surface area contributed by atoms with Gasteiger partial charge in [-0.05, 0) is 67.1 Å². The first-order valence-corrected chi connectivity index (χ1v) is 9.01. The lowest BCUT2D eigenvalue weighted by molar-refractivity contribution is -0.202. The van der Waals surface area contributed by atoms with E-state index in [4.69, 9.17) is 18.9 Å². The predicted molar refractivity (Wildman–Crippen MR) is 98.1 cm³/mol. The van der Waals surface area contributed by atoms with Crippen LogP contribution in [0.4, 0.5) is 0 Å². The average molecular weight is 446 g/mol. The third-order valence-corrected chi connectivity index (χ3v) is 5.47. The zero-order valence-corrected chi connectivity index (χ0v) is 16.4. The van der Waals surface area contributed by atoms with Gasteiger partial charge in [-0.3, -0.25) is 0 Å². The summed E-state index contributed by atoms with van der Waals surface area (Å²) in [5.74, 6) is 0.0914. The first-order valence-electron chi connectivity index (χ1n) is 7.93. The molecule has 0 aromatic heterocycles. The maximum atomic E-state index is 10.6. The van der Waals surface area contributed by atoms with E-state index in [0.717, 1.165) is 14.9 Å². The molecular weight excluding hydrogens is 423 g/mol. The van der Waals surface area contributed by atoms with Crippen LogP contribution in [-0.2, 0) is 20.8 Å². The minimum atomic E-state index is -0.734. The van der Waals surface area contributed by atoms with Crippen molar-refractivity contribution in [3.05, 3.63) is 39.5 Å². The maximum Gasteiger partial charge on any atom is 0.164 e. The molecular formula is C18H23IO5. The van der Waals surface area contributed by atoms with Gasteiger partial charge in [-0.1, -0.05) is 12.1 Å². The Morgan fingerprint density at radius 1 is 1.21 bits per heavy atom. The van der Waals surface area contributed by atoms with Crippen LogP contribution in [0.15, 0.2) is 33.9 Å². The van der Waals surface area contributed by atoms with Gasteiger partial charge in [-0.2, -0.15) is 0 Å². The lowest BCUT2D eigenvalue weighted by Gasteiger charge is -2.41. The van der Waals surface area contributed by atoms with E-state index in [1.54, 1.807) is 7.11 Å². The van der Waals surface area contributed by atoms with Crippen molar-refractivity contribution >= 4 is 22.6 Å². The van der Waals surface area contributed by atoms with Gasteiger partial charge in [0.1, 0.15) is 29.7 Å². The van der Waals surface area contributed by atoms with Gasteiger partial charge in [-0.25, -0.2) is 0 Å². The van der Waals surface area contributed by atoms with Crippen molar-refractivity contribution in [1.82, 2.24) is 0 Å². The normalized spacial score (nSPS) is 34.6. The van der Waals surface area contributed by atoms with E-state index in [0.29, 0.717) is 6.61 Å². The second kappa shape index (κ2) is 6.57. The summed E-state index contributed by atoms with van der Waals surface area (Å²) in [5, 5.41) is 10.6. The number of fused-ring (bicyclic) bond motifs is 1. The maximum absolute atomic E-state index is 10.6. The fourth-order valence-corrected chi connectivity index (χ4v) is 3.97. The molecule has 24 heavy (non-hydrogen) atoms. The Morgan fingerprint density at radius 3 is 2.50 bits per heavy atom. The Kier molecular flexibility index (Phi) is 4.96. The van der Waals surface area contributed by atoms with Crippen molar-refractivity contribution in [3.63, 3.8) is 0 Å². The van der Waals surface area contributed by atoms with E-state index in [1.165, 1.54) is 0 Å². The molecule has 1 saturated heterocycles. The average Bonchev–Trinajstić information content (AvgIpc) is 2.77. The molecule has 0 saturated carbocycles. The molecule has 0 amide bonds. The molecule has 132 valence electrons. The summed E-state index contributed by atoms with van der Waals surface area (Å²) in [7, 11) is 1.64. The Hall–Kier alpha value is -0.670. The topological polar surface area (TPSA) is 57.2 Å². The summed E-state index contributed by atoms with van der Waals surface area (Å²) in [6.07, 6.45) is 0.433. The molecule has 6 heteroatoms. The van der Waals surface area contributed by atoms with Crippen molar-refractivity contribution in [2.75, 3.05) is 7.11 Å². The molecule has 1 aromatic carbocycles. The monoisotopic (exact) mass is 446 g/mol. The van der Waals surface area contributed by atoms with Crippen LogP contribution >= 0.6 is 22.6 Å². The van der Waals surface area contributed by atoms with Gasteiger partial charge in [0, 0.05) is 3.58 Å². The first-order chi connectivity index (χ1) is 11.2. The lowest BCUT2D eigenvalue weighted by Crippen LogP contribution is -2.57. The molecule has 1 aliphatic heterocycles. The molecule has 4 atom stereocenters. The minimum Gasteiger partial charge on any atom is -0.497 e. The van der Waals surface area contributed by atoms with Crippen molar-refractivity contribution in [2.24, 2.45) is 0 Å². The number of aliphatic hydroxyl groups excluding tert-OH is 1. The van der Waals surface area contributed by atoms with Crippen LogP contribution in [0.2, 0.25) is 0 Å². The Labute approximate surface area is 156 Å². The van der Waals surface area contributed by atoms with E-state index < -0.39 is 23.6 Å². The van der Waals surface area contributed by atoms with Crippen LogP contribution in [0.5, 0.6) is 5.75 Å². The van der Waals surface area contributed by atoms with E-state index in [1.807, 2.05) is 51.1 Å². The van der Waals surface area contributed by atoms with Crippen LogP contribution in [-0.4, -0.2) is 41.9 Å². The van der Waals surface area contributed by atoms with Crippen molar-refractivity contribution in [1.29, 1.82) is 0 Å². The summed E-state index contributed by atoms with van der Waals surface area (Å²) in [6.45, 7) is 6.07. The Bertz CT molecular complexity index is 627. The van der Waals surface area contributed by atoms with Crippen molar-refractivity contribution in [2.45, 2.75) is 57.1 Å². The van der Waals surface area contributed by atoms with E-state index in [2.05, 4.69) is 22.6 Å². The highest BCUT2D eigenvalue weighted by atomic mass is 127. The molecule has 1 N–H and O–H groups in total. The van der Waals surface area contributed by atoms with Gasteiger partial charge < -0.3 is 24.1 Å². The van der Waals surface area contributed by atoms with Gasteiger partial charge in [-0.15, -0.1) is 0 Å². The SMILES string of the molecule is COc1ccc(CO[C@@H]2[C@H](O)C(I)=C[C@H]3OC(C)(C)O[C@@]23C)cc1. The molecule has 5 nitrogen and oxygen atoms in total. The summed E-state index contributed by atoms with van der Waals surface area (Å²) >= 11 is 2.14. The molecule has 1 heterocycles. The number of hydrogen-bond acceptors (Lipinski definition) is 5. The van der Waals surface area contributed by atoms with Gasteiger partial charge >= 0.3 is 0 Å². The summed E-state index contributed by atoms with van der Waals surface area (Å²) < 4.78 is 24.2. The third-order valence-electron chi connectivity index (χ3n) is 4.47. The fourth-order valence-electron chi connectivity index (χ4n) is 3.32. The van der Waals surface area contributed by atoms with E-state index in [9.17, 15) is 5.11 Å². The number of halogens is 1. The Morgan fingerprint density at radius 2 is 1.88 bits per heavy atom. The first kappa shape index (κ1) is 18.1. The van der Waals surface area contributed by atoms with Gasteiger partial charge in [0.15, 0.2) is 5.79 Å². The molecule has 1 fully saturated rings. The molecule has 0 radical (unpaired) electrons. The van der Waals surface area contributed by atoms with E-state index >= 15 is 0 Å². The molecule has 2 aliphatic rings. The molecule has 1 aromatic rings. The minimum absolute atomic E-state index is 0.247. The van der Waals surface area contributed by atoms with Gasteiger partial charge in [0.25, 0.3) is 0 Å². The van der Waals surface area contributed by atoms with Crippen LogP contribution in [0.25, 0.3) is 0 Å². The second-order valence-corrected chi connectivity index (χ2v) is 8.05. The smallest absolute Gasteiger partial charge is 0.164 e. The van der Waals surface area contributed by atoms with Crippen LogP contribution < -0.4 is 4.74 Å². The fraction of sp³-hybridized carbons (Fsp3) is 0.556. The quantitative estimate of drug-likeness (QED) is 0.721. The molecule has 1 aliphatic carbocycles. The lowest BCUT2D eigenvalue weighted by atomic mass is 9.84. The van der Waals surface area contributed by atoms with Gasteiger partial charge in [0.2, 0.25) is 0 Å². The Balaban J connectivity index is 1.78. The highest BCUT2D eigenvalue weighted by Gasteiger charge is 2.58. The highest BCUT2D eigenvalue weighted by molar-refractivity contribution is 14.1. The van der Waals surface area contributed by atoms with Crippen LogP contribution in [0, 0.1) is 0 Å². The number of benzene rings is 1. The second-order valence-electron chi connectivity index (χ2n) is 6.80. The van der Waals surface area contributed by atoms with Crippen LogP contribution in [0.1, 0.15) is 26.3 Å². The van der Waals surface area contributed by atoms with Crippen LogP contribution in [0.3, 0.4) is 0 Å². The zero-order chi connectivity index (χ0) is 17.5.